The monoisotopic (exact) mass is 345 g/mol. The first-order chi connectivity index (χ1) is 11.3. The van der Waals surface area contributed by atoms with Gasteiger partial charge in [0, 0.05) is 36.6 Å². The summed E-state index contributed by atoms with van der Waals surface area (Å²) in [6, 6.07) is 5.04. The van der Waals surface area contributed by atoms with Gasteiger partial charge in [0.05, 0.1) is 13.2 Å². The molecule has 0 spiro atoms. The van der Waals surface area contributed by atoms with E-state index in [0.717, 1.165) is 12.1 Å². The lowest BCUT2D eigenvalue weighted by Crippen LogP contribution is -2.41. The molecule has 2 aliphatic heterocycles. The predicted octanol–water partition coefficient (Wildman–Crippen LogP) is 2.06. The van der Waals surface area contributed by atoms with Crippen molar-refractivity contribution in [3.63, 3.8) is 0 Å². The van der Waals surface area contributed by atoms with Gasteiger partial charge in [-0.05, 0) is 24.6 Å². The quantitative estimate of drug-likeness (QED) is 0.911. The van der Waals surface area contributed by atoms with E-state index >= 15 is 0 Å². The fourth-order valence-corrected chi connectivity index (χ4v) is 3.47. The number of alkyl halides is 3. The van der Waals surface area contributed by atoms with Crippen LogP contribution < -0.4 is 4.74 Å². The Morgan fingerprint density at radius 3 is 2.92 bits per heavy atom. The first-order valence-electron chi connectivity index (χ1n) is 7.67. The summed E-state index contributed by atoms with van der Waals surface area (Å²) in [6.07, 6.45) is -4.14. The highest BCUT2D eigenvalue weighted by Crippen LogP contribution is 2.42. The maximum absolute atomic E-state index is 12.6. The lowest BCUT2D eigenvalue weighted by molar-refractivity contribution is -0.274. The van der Waals surface area contributed by atoms with E-state index in [9.17, 15) is 23.1 Å². The first kappa shape index (κ1) is 17.0. The van der Waals surface area contributed by atoms with E-state index in [1.807, 2.05) is 0 Å². The van der Waals surface area contributed by atoms with E-state index < -0.39 is 12.1 Å². The molecule has 2 heterocycles. The van der Waals surface area contributed by atoms with E-state index in [2.05, 4.69) is 4.74 Å². The smallest absolute Gasteiger partial charge is 0.406 e. The van der Waals surface area contributed by atoms with Crippen LogP contribution in [-0.2, 0) is 4.74 Å². The number of hydrogen-bond donors (Lipinski definition) is 1. The standard InChI is InChI=1S/C16H18F3NO4/c17-16(18,19)24-13-3-1-2-11(6-13)14(22)20-7-12-8-23-5-4-15(12,9-20)10-21/h1-3,6,12,21H,4-5,7-10H2/t12-,15-/m1/s1. The Bertz CT molecular complexity index is 622. The molecule has 2 aliphatic rings. The Kier molecular flexibility index (Phi) is 4.44. The van der Waals surface area contributed by atoms with Crippen LogP contribution >= 0.6 is 0 Å². The molecule has 24 heavy (non-hydrogen) atoms. The molecule has 0 unspecified atom stereocenters. The molecule has 1 aromatic rings. The zero-order chi connectivity index (χ0) is 17.4. The SMILES string of the molecule is O=C(c1cccc(OC(F)(F)F)c1)N1C[C@@H]2COCC[C@]2(CO)C1. The van der Waals surface area contributed by atoms with Crippen molar-refractivity contribution in [2.24, 2.45) is 11.3 Å². The van der Waals surface area contributed by atoms with Gasteiger partial charge in [-0.25, -0.2) is 0 Å². The van der Waals surface area contributed by atoms with Crippen LogP contribution in [0.1, 0.15) is 16.8 Å². The number of nitrogens with zero attached hydrogens (tertiary/aromatic N) is 1. The number of fused-ring (bicyclic) bond motifs is 1. The summed E-state index contributed by atoms with van der Waals surface area (Å²) in [5, 5.41) is 9.76. The molecular formula is C16H18F3NO4. The molecule has 8 heteroatoms. The third kappa shape index (κ3) is 3.34. The van der Waals surface area contributed by atoms with Gasteiger partial charge >= 0.3 is 6.36 Å². The Hall–Kier alpha value is -1.80. The number of halogens is 3. The van der Waals surface area contributed by atoms with Crippen molar-refractivity contribution >= 4 is 5.91 Å². The van der Waals surface area contributed by atoms with Crippen molar-refractivity contribution in [3.05, 3.63) is 29.8 Å². The summed E-state index contributed by atoms with van der Waals surface area (Å²) in [4.78, 5) is 14.2. The Morgan fingerprint density at radius 1 is 1.46 bits per heavy atom. The van der Waals surface area contributed by atoms with Gasteiger partial charge in [0.2, 0.25) is 0 Å². The van der Waals surface area contributed by atoms with Crippen molar-refractivity contribution < 1.29 is 32.5 Å². The highest BCUT2D eigenvalue weighted by atomic mass is 19.4. The second-order valence-corrected chi connectivity index (χ2v) is 6.30. The molecule has 0 radical (unpaired) electrons. The fraction of sp³-hybridized carbons (Fsp3) is 0.562. The fourth-order valence-electron chi connectivity index (χ4n) is 3.47. The maximum Gasteiger partial charge on any atom is 0.573 e. The molecule has 5 nitrogen and oxygen atoms in total. The van der Waals surface area contributed by atoms with Crippen molar-refractivity contribution in [2.45, 2.75) is 12.8 Å². The highest BCUT2D eigenvalue weighted by Gasteiger charge is 2.49. The zero-order valence-electron chi connectivity index (χ0n) is 12.9. The van der Waals surface area contributed by atoms with E-state index in [1.165, 1.54) is 12.1 Å². The molecule has 0 aliphatic carbocycles. The molecule has 2 fully saturated rings. The van der Waals surface area contributed by atoms with Crippen LogP contribution in [0.15, 0.2) is 24.3 Å². The van der Waals surface area contributed by atoms with Crippen LogP contribution in [0.2, 0.25) is 0 Å². The van der Waals surface area contributed by atoms with Crippen LogP contribution in [-0.4, -0.2) is 55.2 Å². The summed E-state index contributed by atoms with van der Waals surface area (Å²) >= 11 is 0. The number of benzene rings is 1. The molecule has 2 saturated heterocycles. The van der Waals surface area contributed by atoms with Gasteiger partial charge in [-0.2, -0.15) is 0 Å². The number of hydrogen-bond acceptors (Lipinski definition) is 4. The summed E-state index contributed by atoms with van der Waals surface area (Å²) < 4.78 is 46.2. The van der Waals surface area contributed by atoms with Crippen molar-refractivity contribution in [1.29, 1.82) is 0 Å². The Balaban J connectivity index is 1.76. The molecule has 0 saturated carbocycles. The van der Waals surface area contributed by atoms with E-state index in [1.54, 1.807) is 4.90 Å². The molecular weight excluding hydrogens is 327 g/mol. The topological polar surface area (TPSA) is 59.0 Å². The minimum absolute atomic E-state index is 0.0369. The number of likely N-dealkylation sites (tertiary alicyclic amines) is 1. The van der Waals surface area contributed by atoms with Crippen LogP contribution in [0.3, 0.4) is 0 Å². The zero-order valence-corrected chi connectivity index (χ0v) is 12.9. The molecule has 1 amide bonds. The third-order valence-corrected chi connectivity index (χ3v) is 4.79. The van der Waals surface area contributed by atoms with Gasteiger partial charge in [0.1, 0.15) is 5.75 Å². The van der Waals surface area contributed by atoms with Crippen molar-refractivity contribution in [1.82, 2.24) is 4.90 Å². The van der Waals surface area contributed by atoms with Crippen LogP contribution in [0.4, 0.5) is 13.2 Å². The van der Waals surface area contributed by atoms with Gasteiger partial charge < -0.3 is 19.5 Å². The number of carbonyl (C=O) groups is 1. The lowest BCUT2D eigenvalue weighted by Gasteiger charge is -2.36. The summed E-state index contributed by atoms with van der Waals surface area (Å²) in [7, 11) is 0. The molecule has 0 bridgehead atoms. The minimum Gasteiger partial charge on any atom is -0.406 e. The Morgan fingerprint density at radius 2 is 2.25 bits per heavy atom. The number of aliphatic hydroxyl groups is 1. The second-order valence-electron chi connectivity index (χ2n) is 6.30. The minimum atomic E-state index is -4.80. The average molecular weight is 345 g/mol. The predicted molar refractivity (Wildman–Crippen MR) is 77.5 cm³/mol. The van der Waals surface area contributed by atoms with E-state index in [0.29, 0.717) is 32.7 Å². The first-order valence-corrected chi connectivity index (χ1v) is 7.67. The van der Waals surface area contributed by atoms with Gasteiger partial charge in [-0.15, -0.1) is 13.2 Å². The van der Waals surface area contributed by atoms with Crippen molar-refractivity contribution in [3.8, 4) is 5.75 Å². The maximum atomic E-state index is 12.6. The molecule has 1 N–H and O–H groups in total. The normalized spacial score (nSPS) is 27.0. The van der Waals surface area contributed by atoms with Crippen LogP contribution in [0.25, 0.3) is 0 Å². The van der Waals surface area contributed by atoms with Crippen LogP contribution in [0, 0.1) is 11.3 Å². The van der Waals surface area contributed by atoms with Gasteiger partial charge in [-0.3, -0.25) is 4.79 Å². The number of amides is 1. The number of carbonyl (C=O) groups excluding carboxylic acids is 1. The molecule has 1 aromatic carbocycles. The summed E-state index contributed by atoms with van der Waals surface area (Å²) in [5.41, 5.74) is -0.252. The molecule has 0 aromatic heterocycles. The molecule has 132 valence electrons. The van der Waals surface area contributed by atoms with Crippen molar-refractivity contribution in [2.75, 3.05) is 32.9 Å². The summed E-state index contributed by atoms with van der Waals surface area (Å²) in [5.74, 6) is -0.759. The van der Waals surface area contributed by atoms with E-state index in [-0.39, 0.29) is 29.4 Å². The van der Waals surface area contributed by atoms with Gasteiger partial charge in [0.15, 0.2) is 0 Å². The number of aliphatic hydroxyl groups excluding tert-OH is 1. The number of rotatable bonds is 3. The second kappa shape index (κ2) is 6.25. The highest BCUT2D eigenvalue weighted by molar-refractivity contribution is 5.94. The van der Waals surface area contributed by atoms with Crippen LogP contribution in [0.5, 0.6) is 5.75 Å². The average Bonchev–Trinajstić information content (AvgIpc) is 2.93. The van der Waals surface area contributed by atoms with Gasteiger partial charge in [-0.1, -0.05) is 6.07 Å². The molecule has 3 rings (SSSR count). The number of ether oxygens (including phenoxy) is 2. The largest absolute Gasteiger partial charge is 0.573 e. The summed E-state index contributed by atoms with van der Waals surface area (Å²) in [6.45, 7) is 1.77. The van der Waals surface area contributed by atoms with Gasteiger partial charge in [0.25, 0.3) is 5.91 Å². The molecule has 2 atom stereocenters. The lowest BCUT2D eigenvalue weighted by atomic mass is 9.75. The Labute approximate surface area is 137 Å². The third-order valence-electron chi connectivity index (χ3n) is 4.79. The van der Waals surface area contributed by atoms with E-state index in [4.69, 9.17) is 4.74 Å².